The second-order valence-electron chi connectivity index (χ2n) is 6.12. The molecular formula is C20H15ClN4O2S3. The molecular weight excluding hydrogens is 460 g/mol. The van der Waals surface area contributed by atoms with E-state index < -0.39 is 0 Å². The Bertz CT molecular complexity index is 1160. The third-order valence-electron chi connectivity index (χ3n) is 3.90. The number of rotatable bonds is 7. The van der Waals surface area contributed by atoms with Crippen LogP contribution in [0.25, 0.3) is 21.5 Å². The summed E-state index contributed by atoms with van der Waals surface area (Å²) in [6.45, 7) is 0. The monoisotopic (exact) mass is 474 g/mol. The van der Waals surface area contributed by atoms with Gasteiger partial charge in [-0.05, 0) is 24.3 Å². The molecule has 0 saturated carbocycles. The normalized spacial score (nSPS) is 10.8. The standard InChI is InChI=1S/C20H15ClN4O2S3/c21-13-7-5-12(6-8-13)15-9-29-19(23-15)24-17(26)10-28-11-18(27)25-20-22-14-3-1-2-4-16(14)30-20/h1-9H,10-11H2,(H,22,25,27)(H,23,24,26). The third kappa shape index (κ3) is 5.37. The summed E-state index contributed by atoms with van der Waals surface area (Å²) >= 11 is 9.91. The number of halogens is 1. The smallest absolute Gasteiger partial charge is 0.236 e. The summed E-state index contributed by atoms with van der Waals surface area (Å²) in [4.78, 5) is 33.0. The number of hydrogen-bond acceptors (Lipinski definition) is 7. The summed E-state index contributed by atoms with van der Waals surface area (Å²) in [6, 6.07) is 15.0. The van der Waals surface area contributed by atoms with Gasteiger partial charge in [-0.15, -0.1) is 23.1 Å². The van der Waals surface area contributed by atoms with E-state index in [1.807, 2.05) is 41.8 Å². The van der Waals surface area contributed by atoms with E-state index in [1.54, 1.807) is 12.1 Å². The van der Waals surface area contributed by atoms with Gasteiger partial charge >= 0.3 is 0 Å². The van der Waals surface area contributed by atoms with Crippen LogP contribution in [0.2, 0.25) is 5.02 Å². The van der Waals surface area contributed by atoms with E-state index in [9.17, 15) is 9.59 Å². The highest BCUT2D eigenvalue weighted by Crippen LogP contribution is 2.27. The van der Waals surface area contributed by atoms with Crippen LogP contribution < -0.4 is 10.6 Å². The van der Waals surface area contributed by atoms with E-state index >= 15 is 0 Å². The summed E-state index contributed by atoms with van der Waals surface area (Å²) < 4.78 is 1.02. The van der Waals surface area contributed by atoms with Gasteiger partial charge in [0, 0.05) is 16.0 Å². The number of hydrogen-bond donors (Lipinski definition) is 2. The molecule has 2 aromatic heterocycles. The molecule has 0 saturated heterocycles. The Morgan fingerprint density at radius 3 is 2.37 bits per heavy atom. The molecule has 0 unspecified atom stereocenters. The number of anilines is 2. The van der Waals surface area contributed by atoms with Gasteiger partial charge in [-0.25, -0.2) is 9.97 Å². The van der Waals surface area contributed by atoms with Crippen LogP contribution in [0.5, 0.6) is 0 Å². The topological polar surface area (TPSA) is 84.0 Å². The van der Waals surface area contributed by atoms with Crippen molar-refractivity contribution in [2.45, 2.75) is 0 Å². The lowest BCUT2D eigenvalue weighted by molar-refractivity contribution is -0.114. The number of fused-ring (bicyclic) bond motifs is 1. The minimum Gasteiger partial charge on any atom is -0.301 e. The van der Waals surface area contributed by atoms with Gasteiger partial charge in [0.1, 0.15) is 0 Å². The van der Waals surface area contributed by atoms with Gasteiger partial charge in [0.15, 0.2) is 10.3 Å². The predicted molar refractivity (Wildman–Crippen MR) is 127 cm³/mol. The Labute approximate surface area is 189 Å². The third-order valence-corrected chi connectivity index (χ3v) is 6.79. The van der Waals surface area contributed by atoms with Crippen LogP contribution in [0.4, 0.5) is 10.3 Å². The fraction of sp³-hybridized carbons (Fsp3) is 0.100. The average Bonchev–Trinajstić information content (AvgIpc) is 3.34. The minimum absolute atomic E-state index is 0.156. The molecule has 0 radical (unpaired) electrons. The molecule has 0 aliphatic rings. The van der Waals surface area contributed by atoms with Gasteiger partial charge in [-0.3, -0.25) is 9.59 Å². The summed E-state index contributed by atoms with van der Waals surface area (Å²) in [6.07, 6.45) is 0. The van der Waals surface area contributed by atoms with E-state index in [4.69, 9.17) is 11.6 Å². The lowest BCUT2D eigenvalue weighted by Gasteiger charge is -2.02. The molecule has 0 fully saturated rings. The zero-order chi connectivity index (χ0) is 20.9. The molecule has 0 bridgehead atoms. The van der Waals surface area contributed by atoms with Gasteiger partial charge in [-0.2, -0.15) is 0 Å². The molecule has 2 amide bonds. The number of carbonyl (C=O) groups excluding carboxylic acids is 2. The first-order valence-corrected chi connectivity index (χ1v) is 12.0. The molecule has 152 valence electrons. The molecule has 0 aliphatic heterocycles. The van der Waals surface area contributed by atoms with Crippen molar-refractivity contribution in [3.63, 3.8) is 0 Å². The molecule has 0 spiro atoms. The van der Waals surface area contributed by atoms with Crippen molar-refractivity contribution in [3.05, 3.63) is 58.9 Å². The summed E-state index contributed by atoms with van der Waals surface area (Å²) in [5.74, 6) is -0.0729. The first-order valence-electron chi connectivity index (χ1n) is 8.81. The summed E-state index contributed by atoms with van der Waals surface area (Å²) in [5, 5.41) is 9.15. The lowest BCUT2D eigenvalue weighted by Crippen LogP contribution is -2.18. The lowest BCUT2D eigenvalue weighted by atomic mass is 10.2. The van der Waals surface area contributed by atoms with Crippen molar-refractivity contribution in [1.29, 1.82) is 0 Å². The quantitative estimate of drug-likeness (QED) is 0.375. The van der Waals surface area contributed by atoms with Crippen LogP contribution in [0.3, 0.4) is 0 Å². The highest BCUT2D eigenvalue weighted by atomic mass is 35.5. The Hall–Kier alpha value is -2.46. The highest BCUT2D eigenvalue weighted by Gasteiger charge is 2.11. The molecule has 2 N–H and O–H groups in total. The van der Waals surface area contributed by atoms with Gasteiger partial charge in [-0.1, -0.05) is 47.2 Å². The molecule has 30 heavy (non-hydrogen) atoms. The van der Waals surface area contributed by atoms with Gasteiger partial charge in [0.2, 0.25) is 11.8 Å². The zero-order valence-corrected chi connectivity index (χ0v) is 18.6. The SMILES string of the molecule is O=C(CSCC(=O)Nc1nc2ccccc2s1)Nc1nc(-c2ccc(Cl)cc2)cs1. The molecule has 10 heteroatoms. The Morgan fingerprint density at radius 2 is 1.63 bits per heavy atom. The fourth-order valence-corrected chi connectivity index (χ4v) is 4.92. The van der Waals surface area contributed by atoms with Crippen molar-refractivity contribution in [2.24, 2.45) is 0 Å². The highest BCUT2D eigenvalue weighted by molar-refractivity contribution is 8.00. The number of carbonyl (C=O) groups is 2. The van der Waals surface area contributed by atoms with E-state index in [0.29, 0.717) is 15.3 Å². The summed E-state index contributed by atoms with van der Waals surface area (Å²) in [7, 11) is 0. The number of amides is 2. The molecule has 4 rings (SSSR count). The van der Waals surface area contributed by atoms with Crippen LogP contribution in [-0.2, 0) is 9.59 Å². The maximum atomic E-state index is 12.1. The van der Waals surface area contributed by atoms with Gasteiger partial charge in [0.05, 0.1) is 27.4 Å². The van der Waals surface area contributed by atoms with E-state index in [2.05, 4.69) is 20.6 Å². The number of thioether (sulfide) groups is 1. The van der Waals surface area contributed by atoms with Gasteiger partial charge in [0.25, 0.3) is 0 Å². The van der Waals surface area contributed by atoms with Crippen molar-refractivity contribution >= 4 is 78.3 Å². The number of thiazole rings is 2. The maximum absolute atomic E-state index is 12.1. The van der Waals surface area contributed by atoms with Crippen molar-refractivity contribution in [3.8, 4) is 11.3 Å². The number of nitrogens with one attached hydrogen (secondary N) is 2. The van der Waals surface area contributed by atoms with E-state index in [0.717, 1.165) is 21.5 Å². The van der Waals surface area contributed by atoms with Gasteiger partial charge < -0.3 is 10.6 Å². The number of para-hydroxylation sites is 1. The molecule has 2 aromatic carbocycles. The van der Waals surface area contributed by atoms with E-state index in [1.165, 1.54) is 34.4 Å². The molecule has 2 heterocycles. The Balaban J connectivity index is 1.23. The molecule has 0 aliphatic carbocycles. The predicted octanol–water partition coefficient (Wildman–Crippen LogP) is 5.38. The Morgan fingerprint density at radius 1 is 0.933 bits per heavy atom. The van der Waals surface area contributed by atoms with Crippen molar-refractivity contribution in [1.82, 2.24) is 9.97 Å². The largest absolute Gasteiger partial charge is 0.301 e. The van der Waals surface area contributed by atoms with Crippen LogP contribution in [0, 0.1) is 0 Å². The number of nitrogens with zero attached hydrogens (tertiary/aromatic N) is 2. The van der Waals surface area contributed by atoms with Crippen molar-refractivity contribution < 1.29 is 9.59 Å². The van der Waals surface area contributed by atoms with Crippen LogP contribution in [0.1, 0.15) is 0 Å². The zero-order valence-electron chi connectivity index (χ0n) is 15.4. The number of benzene rings is 2. The number of aromatic nitrogens is 2. The second-order valence-corrected chi connectivity index (χ2v) is 9.43. The Kier molecular flexibility index (Phi) is 6.63. The van der Waals surface area contributed by atoms with Crippen LogP contribution in [-0.4, -0.2) is 33.3 Å². The van der Waals surface area contributed by atoms with Crippen LogP contribution >= 0.6 is 46.0 Å². The first-order chi connectivity index (χ1) is 14.6. The van der Waals surface area contributed by atoms with Crippen LogP contribution in [0.15, 0.2) is 53.9 Å². The molecule has 4 aromatic rings. The maximum Gasteiger partial charge on any atom is 0.236 e. The second kappa shape index (κ2) is 9.57. The molecule has 0 atom stereocenters. The van der Waals surface area contributed by atoms with Crippen molar-refractivity contribution in [2.75, 3.05) is 22.1 Å². The first kappa shape index (κ1) is 20.8. The fourth-order valence-electron chi connectivity index (χ4n) is 2.56. The van der Waals surface area contributed by atoms with E-state index in [-0.39, 0.29) is 23.3 Å². The summed E-state index contributed by atoms with van der Waals surface area (Å²) in [5.41, 5.74) is 2.55. The molecule has 6 nitrogen and oxygen atoms in total. The minimum atomic E-state index is -0.204. The average molecular weight is 475 g/mol.